The van der Waals surface area contributed by atoms with Gasteiger partial charge in [0.15, 0.2) is 16.5 Å². The zero-order chi connectivity index (χ0) is 19.1. The molecule has 2 aromatic heterocycles. The minimum Gasteiger partial charge on any atom is -0.503 e. The zero-order valence-electron chi connectivity index (χ0n) is 13.9. The summed E-state index contributed by atoms with van der Waals surface area (Å²) in [4.78, 5) is 17.8. The van der Waals surface area contributed by atoms with Crippen molar-refractivity contribution >= 4 is 45.6 Å². The van der Waals surface area contributed by atoms with E-state index < -0.39 is 0 Å². The Bertz CT molecular complexity index is 1280. The summed E-state index contributed by atoms with van der Waals surface area (Å²) in [5.74, 6) is 0.108. The molecule has 4 rings (SSSR count). The highest BCUT2D eigenvalue weighted by atomic mass is 35.5. The van der Waals surface area contributed by atoms with E-state index in [-0.39, 0.29) is 22.1 Å². The van der Waals surface area contributed by atoms with Crippen molar-refractivity contribution in [2.45, 2.75) is 0 Å². The van der Waals surface area contributed by atoms with Crippen molar-refractivity contribution in [2.75, 3.05) is 7.11 Å². The average Bonchev–Trinajstić information content (AvgIpc) is 3.18. The van der Waals surface area contributed by atoms with E-state index in [2.05, 4.69) is 4.98 Å². The molecule has 2 heterocycles. The van der Waals surface area contributed by atoms with Gasteiger partial charge in [-0.25, -0.2) is 4.98 Å². The number of fused-ring (bicyclic) bond motifs is 1. The highest BCUT2D eigenvalue weighted by molar-refractivity contribution is 7.15. The van der Waals surface area contributed by atoms with Crippen LogP contribution >= 0.6 is 34.5 Å². The predicted octanol–water partition coefficient (Wildman–Crippen LogP) is 3.99. The van der Waals surface area contributed by atoms with Crippen LogP contribution in [0.2, 0.25) is 10.0 Å². The third-order valence-electron chi connectivity index (χ3n) is 3.99. The Morgan fingerprint density at radius 3 is 2.78 bits per heavy atom. The van der Waals surface area contributed by atoms with Crippen molar-refractivity contribution in [1.29, 1.82) is 0 Å². The lowest BCUT2D eigenvalue weighted by atomic mass is 10.2. The fraction of sp³-hybridized carbons (Fsp3) is 0.0526. The molecule has 0 saturated heterocycles. The number of methoxy groups -OCH3 is 1. The summed E-state index contributed by atoms with van der Waals surface area (Å²) in [6, 6.07) is 10.5. The SMILES string of the molecule is COc1cc(/C=c2\sc3nc(-c4cccc(Cl)c4)cn3c2=O)cc(Cl)c1O. The Hall–Kier alpha value is -2.54. The third kappa shape index (κ3) is 3.27. The van der Waals surface area contributed by atoms with E-state index in [9.17, 15) is 9.90 Å². The Balaban J connectivity index is 1.82. The largest absolute Gasteiger partial charge is 0.503 e. The average molecular weight is 419 g/mol. The minimum absolute atomic E-state index is 0.134. The monoisotopic (exact) mass is 418 g/mol. The highest BCUT2D eigenvalue weighted by Crippen LogP contribution is 2.35. The summed E-state index contributed by atoms with van der Waals surface area (Å²) in [5, 5.41) is 10.6. The van der Waals surface area contributed by atoms with E-state index in [4.69, 9.17) is 27.9 Å². The number of phenols is 1. The fourth-order valence-corrected chi connectivity index (χ4v) is 4.07. The van der Waals surface area contributed by atoms with E-state index in [1.54, 1.807) is 36.5 Å². The standard InChI is InChI=1S/C19H12Cl2N2O3S/c1-26-15-6-10(5-13(21)17(15)24)7-16-18(25)23-9-14(22-19(23)27-16)11-3-2-4-12(20)8-11/h2-9,24H,1H3/b16-7-. The Morgan fingerprint density at radius 1 is 1.26 bits per heavy atom. The highest BCUT2D eigenvalue weighted by Gasteiger charge is 2.12. The number of benzene rings is 2. The summed E-state index contributed by atoms with van der Waals surface area (Å²) < 4.78 is 7.10. The predicted molar refractivity (Wildman–Crippen MR) is 108 cm³/mol. The van der Waals surface area contributed by atoms with Gasteiger partial charge in [-0.2, -0.15) is 0 Å². The lowest BCUT2D eigenvalue weighted by Crippen LogP contribution is -2.22. The first-order chi connectivity index (χ1) is 13.0. The topological polar surface area (TPSA) is 63.8 Å². The smallest absolute Gasteiger partial charge is 0.274 e. The maximum atomic E-state index is 12.7. The van der Waals surface area contributed by atoms with E-state index in [0.29, 0.717) is 25.8 Å². The molecular weight excluding hydrogens is 407 g/mol. The van der Waals surface area contributed by atoms with Crippen molar-refractivity contribution in [3.63, 3.8) is 0 Å². The molecule has 0 amide bonds. The quantitative estimate of drug-likeness (QED) is 0.546. The molecule has 1 N–H and O–H groups in total. The number of nitrogens with zero attached hydrogens (tertiary/aromatic N) is 2. The van der Waals surface area contributed by atoms with Crippen molar-refractivity contribution in [2.24, 2.45) is 0 Å². The van der Waals surface area contributed by atoms with Crippen LogP contribution < -0.4 is 14.8 Å². The second kappa shape index (κ2) is 6.88. The van der Waals surface area contributed by atoms with Crippen LogP contribution in [-0.2, 0) is 0 Å². The fourth-order valence-electron chi connectivity index (χ4n) is 2.70. The van der Waals surface area contributed by atoms with Gasteiger partial charge in [-0.1, -0.05) is 46.7 Å². The van der Waals surface area contributed by atoms with E-state index in [1.165, 1.54) is 22.8 Å². The van der Waals surface area contributed by atoms with Crippen LogP contribution in [0, 0.1) is 0 Å². The number of hydrogen-bond donors (Lipinski definition) is 1. The first kappa shape index (κ1) is 17.9. The lowest BCUT2D eigenvalue weighted by Gasteiger charge is -2.05. The van der Waals surface area contributed by atoms with Gasteiger partial charge in [0.05, 0.1) is 22.4 Å². The van der Waals surface area contributed by atoms with Crippen LogP contribution in [0.4, 0.5) is 0 Å². The first-order valence-electron chi connectivity index (χ1n) is 7.82. The van der Waals surface area contributed by atoms with E-state index >= 15 is 0 Å². The molecule has 0 radical (unpaired) electrons. The van der Waals surface area contributed by atoms with Gasteiger partial charge in [-0.3, -0.25) is 9.20 Å². The molecule has 0 saturated carbocycles. The van der Waals surface area contributed by atoms with Crippen LogP contribution in [0.1, 0.15) is 5.56 Å². The lowest BCUT2D eigenvalue weighted by molar-refractivity contribution is 0.373. The Kier molecular flexibility index (Phi) is 4.55. The molecule has 0 atom stereocenters. The maximum absolute atomic E-state index is 12.7. The van der Waals surface area contributed by atoms with Gasteiger partial charge >= 0.3 is 0 Å². The van der Waals surface area contributed by atoms with Gasteiger partial charge in [0.1, 0.15) is 0 Å². The van der Waals surface area contributed by atoms with Gasteiger partial charge in [-0.15, -0.1) is 0 Å². The van der Waals surface area contributed by atoms with Crippen LogP contribution in [0.15, 0.2) is 47.4 Å². The van der Waals surface area contributed by atoms with Crippen molar-refractivity contribution in [3.05, 3.63) is 73.1 Å². The second-order valence-corrected chi connectivity index (χ2v) is 7.61. The molecular formula is C19H12Cl2N2O3S. The molecule has 0 spiro atoms. The third-order valence-corrected chi connectivity index (χ3v) is 5.50. The van der Waals surface area contributed by atoms with Gasteiger partial charge in [0.25, 0.3) is 5.56 Å². The number of halogens is 2. The number of hydrogen-bond acceptors (Lipinski definition) is 5. The molecule has 0 fully saturated rings. The molecule has 136 valence electrons. The Morgan fingerprint density at radius 2 is 2.07 bits per heavy atom. The van der Waals surface area contributed by atoms with Crippen LogP contribution in [0.3, 0.4) is 0 Å². The van der Waals surface area contributed by atoms with Crippen LogP contribution in [0.25, 0.3) is 22.3 Å². The summed E-state index contributed by atoms with van der Waals surface area (Å²) in [5.41, 5.74) is 1.99. The number of rotatable bonds is 3. The molecule has 8 heteroatoms. The van der Waals surface area contributed by atoms with Crippen molar-refractivity contribution in [1.82, 2.24) is 9.38 Å². The summed E-state index contributed by atoms with van der Waals surface area (Å²) in [6.45, 7) is 0. The molecule has 0 aliphatic carbocycles. The Labute approximate surface area is 167 Å². The molecule has 2 aromatic carbocycles. The molecule has 0 aliphatic rings. The number of aromatic hydroxyl groups is 1. The van der Waals surface area contributed by atoms with E-state index in [0.717, 1.165) is 5.56 Å². The van der Waals surface area contributed by atoms with Gasteiger partial charge < -0.3 is 9.84 Å². The molecule has 5 nitrogen and oxygen atoms in total. The number of imidazole rings is 1. The normalized spacial score (nSPS) is 12.0. The van der Waals surface area contributed by atoms with Crippen LogP contribution in [-0.4, -0.2) is 21.6 Å². The van der Waals surface area contributed by atoms with E-state index in [1.807, 2.05) is 12.1 Å². The van der Waals surface area contributed by atoms with Gasteiger partial charge in [-0.05, 0) is 35.9 Å². The van der Waals surface area contributed by atoms with Gasteiger partial charge in [0.2, 0.25) is 0 Å². The second-order valence-electron chi connectivity index (χ2n) is 5.76. The number of thiazole rings is 1. The maximum Gasteiger partial charge on any atom is 0.274 e. The number of ether oxygens (including phenoxy) is 1. The molecule has 27 heavy (non-hydrogen) atoms. The molecule has 0 unspecified atom stereocenters. The molecule has 0 bridgehead atoms. The molecule has 0 aliphatic heterocycles. The summed E-state index contributed by atoms with van der Waals surface area (Å²) in [6.07, 6.45) is 3.39. The summed E-state index contributed by atoms with van der Waals surface area (Å²) >= 11 is 13.3. The minimum atomic E-state index is -0.182. The van der Waals surface area contributed by atoms with Crippen LogP contribution in [0.5, 0.6) is 11.5 Å². The molecule has 4 aromatic rings. The van der Waals surface area contributed by atoms with Gasteiger partial charge in [0, 0.05) is 16.8 Å². The number of aromatic nitrogens is 2. The summed E-state index contributed by atoms with van der Waals surface area (Å²) in [7, 11) is 1.44. The zero-order valence-corrected chi connectivity index (χ0v) is 16.3. The van der Waals surface area contributed by atoms with Crippen molar-refractivity contribution in [3.8, 4) is 22.8 Å². The first-order valence-corrected chi connectivity index (χ1v) is 9.39. The number of phenolic OH excluding ortho intramolecular Hbond substituents is 1. The van der Waals surface area contributed by atoms with Crippen molar-refractivity contribution < 1.29 is 9.84 Å².